The highest BCUT2D eigenvalue weighted by atomic mass is 16.1. The van der Waals surface area contributed by atoms with Crippen LogP contribution in [0.4, 0.5) is 0 Å². The molecule has 0 aliphatic rings. The number of hydrogen-bond acceptors (Lipinski definition) is 5. The molecule has 0 saturated carbocycles. The molecule has 2 rings (SSSR count). The van der Waals surface area contributed by atoms with Gasteiger partial charge in [-0.05, 0) is 11.2 Å². The quantitative estimate of drug-likeness (QED) is 0.635. The normalized spacial score (nSPS) is 9.68. The lowest BCUT2D eigenvalue weighted by molar-refractivity contribution is -0.752. The van der Waals surface area contributed by atoms with Crippen molar-refractivity contribution in [1.82, 2.24) is 15.1 Å². The molecule has 2 aromatic rings. The molecule has 0 atom stereocenters. The molecule has 2 aromatic heterocycles. The predicted octanol–water partition coefficient (Wildman–Crippen LogP) is 0.495. The number of nitrogens with one attached hydrogen (secondary N) is 1. The first kappa shape index (κ1) is 12.7. The molecule has 0 spiro atoms. The first-order valence-corrected chi connectivity index (χ1v) is 5.58. The van der Waals surface area contributed by atoms with E-state index < -0.39 is 0 Å². The fourth-order valence-electron chi connectivity index (χ4n) is 1.43. The largest absolute Gasteiger partial charge is 0.272 e. The van der Waals surface area contributed by atoms with Crippen LogP contribution in [0.3, 0.4) is 0 Å². The second-order valence-corrected chi connectivity index (χ2v) is 3.62. The second-order valence-electron chi connectivity index (χ2n) is 3.62. The zero-order valence-electron chi connectivity index (χ0n) is 10.0. The van der Waals surface area contributed by atoms with Crippen LogP contribution in [-0.4, -0.2) is 27.0 Å². The van der Waals surface area contributed by atoms with E-state index in [1.807, 2.05) is 6.07 Å². The van der Waals surface area contributed by atoms with Crippen molar-refractivity contribution in [3.05, 3.63) is 36.9 Å². The van der Waals surface area contributed by atoms with Gasteiger partial charge in [-0.15, -0.1) is 4.99 Å². The molecule has 19 heavy (non-hydrogen) atoms. The molecule has 94 valence electrons. The standard InChI is InChI=1S/C12H11N6O/c13-9-16-11(19)3-7-18-6-2-10(8-17-18)12-14-4-1-5-15-12/h1-2,4-6,8,13H,3,7H2/q+1. The minimum absolute atomic E-state index is 0.185. The smallest absolute Gasteiger partial charge is 0.261 e. The molecule has 0 bridgehead atoms. The van der Waals surface area contributed by atoms with E-state index in [0.29, 0.717) is 12.4 Å². The summed E-state index contributed by atoms with van der Waals surface area (Å²) in [7, 11) is 0. The SMILES string of the molecule is N=C=NC(=O)CC[n+]1ccc(-c2ncccn2)cn1. The lowest BCUT2D eigenvalue weighted by Gasteiger charge is -1.96. The van der Waals surface area contributed by atoms with Gasteiger partial charge in [0.2, 0.25) is 0 Å². The minimum atomic E-state index is -0.389. The molecule has 1 amide bonds. The Balaban J connectivity index is 2.03. The predicted molar refractivity (Wildman–Crippen MR) is 65.2 cm³/mol. The molecule has 0 fully saturated rings. The van der Waals surface area contributed by atoms with E-state index in [4.69, 9.17) is 5.41 Å². The number of aromatic nitrogens is 4. The highest BCUT2D eigenvalue weighted by Crippen LogP contribution is 2.09. The zero-order chi connectivity index (χ0) is 13.5. The summed E-state index contributed by atoms with van der Waals surface area (Å²) >= 11 is 0. The maximum atomic E-state index is 11.1. The summed E-state index contributed by atoms with van der Waals surface area (Å²) in [5.74, 6) is 0.214. The van der Waals surface area contributed by atoms with E-state index in [9.17, 15) is 4.79 Å². The number of nitrogens with zero attached hydrogens (tertiary/aromatic N) is 5. The first-order chi connectivity index (χ1) is 9.29. The van der Waals surface area contributed by atoms with Gasteiger partial charge in [-0.2, -0.15) is 0 Å². The van der Waals surface area contributed by atoms with Crippen LogP contribution in [0.15, 0.2) is 41.9 Å². The Morgan fingerprint density at radius 1 is 1.42 bits per heavy atom. The maximum absolute atomic E-state index is 11.1. The molecule has 7 heteroatoms. The summed E-state index contributed by atoms with van der Waals surface area (Å²) in [5, 5.41) is 10.7. The van der Waals surface area contributed by atoms with Crippen LogP contribution in [0.5, 0.6) is 0 Å². The molecule has 0 aliphatic carbocycles. The van der Waals surface area contributed by atoms with Gasteiger partial charge in [0.15, 0.2) is 18.6 Å². The van der Waals surface area contributed by atoms with Crippen molar-refractivity contribution >= 4 is 11.9 Å². The third-order valence-electron chi connectivity index (χ3n) is 2.33. The van der Waals surface area contributed by atoms with Crippen LogP contribution < -0.4 is 4.68 Å². The Hall–Kier alpha value is -2.79. The van der Waals surface area contributed by atoms with Crippen molar-refractivity contribution in [1.29, 1.82) is 5.41 Å². The van der Waals surface area contributed by atoms with E-state index in [2.05, 4.69) is 20.1 Å². The summed E-state index contributed by atoms with van der Waals surface area (Å²) < 4.78 is 1.61. The molecule has 0 unspecified atom stereocenters. The Morgan fingerprint density at radius 2 is 2.21 bits per heavy atom. The van der Waals surface area contributed by atoms with E-state index in [-0.39, 0.29) is 12.3 Å². The van der Waals surface area contributed by atoms with Gasteiger partial charge in [-0.25, -0.2) is 15.4 Å². The topological polar surface area (TPSA) is 95.8 Å². The first-order valence-electron chi connectivity index (χ1n) is 5.58. The van der Waals surface area contributed by atoms with Gasteiger partial charge in [0, 0.05) is 24.0 Å². The lowest BCUT2D eigenvalue weighted by Crippen LogP contribution is -2.38. The number of carbonyl (C=O) groups excluding carboxylic acids is 1. The maximum Gasteiger partial charge on any atom is 0.261 e. The van der Waals surface area contributed by atoms with Crippen molar-refractivity contribution in [2.75, 3.05) is 0 Å². The Kier molecular flexibility index (Phi) is 4.15. The van der Waals surface area contributed by atoms with Crippen molar-refractivity contribution in [3.8, 4) is 11.4 Å². The molecule has 7 nitrogen and oxygen atoms in total. The van der Waals surface area contributed by atoms with Gasteiger partial charge in [0.1, 0.15) is 6.20 Å². The molecule has 0 aromatic carbocycles. The number of aliphatic imine (C=N–C) groups is 1. The number of amides is 1. The fraction of sp³-hybridized carbons (Fsp3) is 0.167. The zero-order valence-corrected chi connectivity index (χ0v) is 10.0. The fourth-order valence-corrected chi connectivity index (χ4v) is 1.43. The Labute approximate surface area is 109 Å². The molecule has 0 radical (unpaired) electrons. The monoisotopic (exact) mass is 255 g/mol. The van der Waals surface area contributed by atoms with Crippen LogP contribution in [0.25, 0.3) is 11.4 Å². The number of hydrogen-bond donors (Lipinski definition) is 1. The highest BCUT2D eigenvalue weighted by Gasteiger charge is 2.08. The van der Waals surface area contributed by atoms with Crippen molar-refractivity contribution in [3.63, 3.8) is 0 Å². The number of rotatable bonds is 4. The van der Waals surface area contributed by atoms with Crippen LogP contribution in [-0.2, 0) is 11.3 Å². The third-order valence-corrected chi connectivity index (χ3v) is 2.33. The Morgan fingerprint density at radius 3 is 2.84 bits per heavy atom. The van der Waals surface area contributed by atoms with Crippen molar-refractivity contribution in [2.24, 2.45) is 4.99 Å². The molecule has 1 N–H and O–H groups in total. The average molecular weight is 255 g/mol. The van der Waals surface area contributed by atoms with Gasteiger partial charge in [0.25, 0.3) is 5.91 Å². The van der Waals surface area contributed by atoms with Crippen molar-refractivity contribution in [2.45, 2.75) is 13.0 Å². The summed E-state index contributed by atoms with van der Waals surface area (Å²) in [6.07, 6.45) is 6.90. The molecule has 0 aliphatic heterocycles. The third kappa shape index (κ3) is 3.58. The van der Waals surface area contributed by atoms with E-state index >= 15 is 0 Å². The van der Waals surface area contributed by atoms with Crippen LogP contribution in [0.1, 0.15) is 6.42 Å². The van der Waals surface area contributed by atoms with Gasteiger partial charge >= 0.3 is 0 Å². The van der Waals surface area contributed by atoms with Crippen LogP contribution in [0.2, 0.25) is 0 Å². The molecular formula is C12H11N6O+. The number of carbonyl (C=O) groups is 1. The number of aryl methyl sites for hydroxylation is 1. The van der Waals surface area contributed by atoms with Gasteiger partial charge in [0.05, 0.1) is 12.4 Å². The van der Waals surface area contributed by atoms with Crippen molar-refractivity contribution < 1.29 is 9.48 Å². The summed E-state index contributed by atoms with van der Waals surface area (Å²) in [4.78, 5) is 22.6. The van der Waals surface area contributed by atoms with Crippen LogP contribution in [0, 0.1) is 5.41 Å². The average Bonchev–Trinajstić information content (AvgIpc) is 2.47. The van der Waals surface area contributed by atoms with E-state index in [1.165, 1.54) is 0 Å². The summed E-state index contributed by atoms with van der Waals surface area (Å²) in [5.41, 5.74) is 0.806. The second kappa shape index (κ2) is 6.23. The summed E-state index contributed by atoms with van der Waals surface area (Å²) in [6.45, 7) is 0.403. The van der Waals surface area contributed by atoms with Crippen LogP contribution >= 0.6 is 0 Å². The van der Waals surface area contributed by atoms with E-state index in [1.54, 1.807) is 41.5 Å². The molecular weight excluding hydrogens is 244 g/mol. The van der Waals surface area contributed by atoms with E-state index in [0.717, 1.165) is 5.56 Å². The molecule has 0 saturated heterocycles. The minimum Gasteiger partial charge on any atom is -0.272 e. The highest BCUT2D eigenvalue weighted by molar-refractivity contribution is 5.81. The van der Waals surface area contributed by atoms with Gasteiger partial charge < -0.3 is 0 Å². The van der Waals surface area contributed by atoms with Gasteiger partial charge in [-0.1, -0.05) is 4.68 Å². The molecule has 2 heterocycles. The summed E-state index contributed by atoms with van der Waals surface area (Å²) in [6, 6.07) is 5.29. The Bertz CT molecular complexity index is 604. The van der Waals surface area contributed by atoms with Gasteiger partial charge in [-0.3, -0.25) is 4.79 Å². The lowest BCUT2D eigenvalue weighted by atomic mass is 10.3.